The Balaban J connectivity index is 2.36. The molecule has 3 unspecified atom stereocenters. The van der Waals surface area contributed by atoms with Gasteiger partial charge < -0.3 is 4.74 Å². The first kappa shape index (κ1) is 34.8. The van der Waals surface area contributed by atoms with E-state index in [0.29, 0.717) is 12.2 Å². The lowest BCUT2D eigenvalue weighted by Gasteiger charge is -2.31. The van der Waals surface area contributed by atoms with Crippen LogP contribution >= 0.6 is 0 Å². The fraction of sp³-hybridized carbons (Fsp3) is 0.545. The minimum atomic E-state index is -1.91. The molecule has 0 aromatic heterocycles. The molecule has 2 aromatic carbocycles. The molecule has 1 amide bonds. The van der Waals surface area contributed by atoms with Crippen LogP contribution in [0.3, 0.4) is 0 Å². The topological polar surface area (TPSA) is 85.4 Å². The summed E-state index contributed by atoms with van der Waals surface area (Å²) in [7, 11) is 0. The molecular weight excluding hydrogens is 548 g/mol. The van der Waals surface area contributed by atoms with Crippen LogP contribution in [0.15, 0.2) is 35.2 Å². The number of amides is 1. The molecule has 0 saturated carbocycles. The van der Waals surface area contributed by atoms with Crippen molar-refractivity contribution in [2.45, 2.75) is 110 Å². The van der Waals surface area contributed by atoms with Crippen molar-refractivity contribution >= 4 is 34.0 Å². The summed E-state index contributed by atoms with van der Waals surface area (Å²) < 4.78 is 24.9. The first-order valence-corrected chi connectivity index (χ1v) is 15.7. The number of nitrogens with one attached hydrogen (secondary N) is 2. The number of hydrogen-bond acceptors (Lipinski definition) is 5. The van der Waals surface area contributed by atoms with Gasteiger partial charge in [-0.1, -0.05) is 80.9 Å². The summed E-state index contributed by atoms with van der Waals surface area (Å²) in [6.45, 7) is 34.1. The normalized spacial score (nSPS) is 13.8. The van der Waals surface area contributed by atoms with Gasteiger partial charge in [0.05, 0.1) is 30.3 Å². The zero-order valence-electron chi connectivity index (χ0n) is 26.5. The van der Waals surface area contributed by atoms with Crippen LogP contribution in [0.4, 0.5) is 17.1 Å². The second-order valence-corrected chi connectivity index (χ2v) is 13.1. The molecular formula is C33H46N4O4S. The molecule has 0 aliphatic heterocycles. The molecule has 0 spiro atoms. The fourth-order valence-electron chi connectivity index (χ4n) is 3.99. The minimum Gasteiger partial charge on any atom is -0.480 e. The van der Waals surface area contributed by atoms with Gasteiger partial charge in [0.1, 0.15) is 5.75 Å². The average molecular weight is 595 g/mol. The summed E-state index contributed by atoms with van der Waals surface area (Å²) >= 11 is -1.91. The highest BCUT2D eigenvalue weighted by atomic mass is 32.2. The van der Waals surface area contributed by atoms with Crippen molar-refractivity contribution in [1.29, 1.82) is 0 Å². The highest BCUT2D eigenvalue weighted by Crippen LogP contribution is 2.39. The SMILES string of the molecule is [C-]#[N+]c1cc(NNC(=O)C(CC)Oc2ccc(C(C)(C)CC)cc2C(C)(C)CC)c(S(=O)OCC(C)CC)cc1[N+]#[C-]. The van der Waals surface area contributed by atoms with E-state index in [-0.39, 0.29) is 45.3 Å². The van der Waals surface area contributed by atoms with Gasteiger partial charge in [0, 0.05) is 5.56 Å². The number of hydrogen-bond donors (Lipinski definition) is 2. The zero-order chi connectivity index (χ0) is 31.7. The third-order valence-corrected chi connectivity index (χ3v) is 9.21. The van der Waals surface area contributed by atoms with E-state index in [1.54, 1.807) is 0 Å². The van der Waals surface area contributed by atoms with Crippen molar-refractivity contribution in [1.82, 2.24) is 5.43 Å². The van der Waals surface area contributed by atoms with E-state index in [9.17, 15) is 9.00 Å². The van der Waals surface area contributed by atoms with Crippen LogP contribution in [0.5, 0.6) is 5.75 Å². The maximum absolute atomic E-state index is 13.4. The number of nitrogens with zero attached hydrogens (tertiary/aromatic N) is 2. The number of hydrazine groups is 1. The number of rotatable bonds is 15. The van der Waals surface area contributed by atoms with Crippen LogP contribution in [-0.2, 0) is 30.9 Å². The van der Waals surface area contributed by atoms with Gasteiger partial charge in [-0.15, -0.1) is 0 Å². The minimum absolute atomic E-state index is 0.00558. The third-order valence-electron chi connectivity index (χ3n) is 8.16. The van der Waals surface area contributed by atoms with Gasteiger partial charge in [-0.2, -0.15) is 0 Å². The monoisotopic (exact) mass is 594 g/mol. The molecule has 0 radical (unpaired) electrons. The molecule has 0 aliphatic carbocycles. The van der Waals surface area contributed by atoms with Gasteiger partial charge in [0.15, 0.2) is 28.6 Å². The van der Waals surface area contributed by atoms with Crippen molar-refractivity contribution < 1.29 is 17.9 Å². The summed E-state index contributed by atoms with van der Waals surface area (Å²) in [5.74, 6) is 0.433. The Morgan fingerprint density at radius 1 is 0.952 bits per heavy atom. The van der Waals surface area contributed by atoms with E-state index in [4.69, 9.17) is 22.1 Å². The highest BCUT2D eigenvalue weighted by Gasteiger charge is 2.29. The van der Waals surface area contributed by atoms with E-state index >= 15 is 0 Å². The Kier molecular flexibility index (Phi) is 12.6. The molecule has 3 atom stereocenters. The largest absolute Gasteiger partial charge is 0.480 e. The van der Waals surface area contributed by atoms with Crippen molar-refractivity contribution in [3.63, 3.8) is 0 Å². The second-order valence-electron chi connectivity index (χ2n) is 11.9. The van der Waals surface area contributed by atoms with Crippen molar-refractivity contribution in [3.05, 3.63) is 64.3 Å². The van der Waals surface area contributed by atoms with Crippen LogP contribution in [0.2, 0.25) is 0 Å². The molecule has 9 heteroatoms. The molecule has 42 heavy (non-hydrogen) atoms. The first-order chi connectivity index (χ1) is 19.8. The second kappa shape index (κ2) is 15.2. The van der Waals surface area contributed by atoms with Gasteiger partial charge in [-0.25, -0.2) is 4.21 Å². The van der Waals surface area contributed by atoms with Crippen molar-refractivity contribution in [2.75, 3.05) is 12.0 Å². The molecule has 228 valence electrons. The zero-order valence-corrected chi connectivity index (χ0v) is 27.3. The molecule has 8 nitrogen and oxygen atoms in total. The van der Waals surface area contributed by atoms with Gasteiger partial charge in [-0.05, 0) is 59.8 Å². The molecule has 0 bridgehead atoms. The standard InChI is InChI=1S/C33H46N4O4S/c1-12-22(5)21-40-42(39)30-20-26(35-11)25(34-10)19-27(30)36-37-31(38)28(13-2)41-29-17-16-23(32(6,7)14-3)18-24(29)33(8,9)15-4/h16-20,22,28,36H,12-15,21H2,1-9H3,(H,37,38). The quantitative estimate of drug-likeness (QED) is 0.159. The number of anilines is 1. The number of carbonyl (C=O) groups is 1. The Bertz CT molecular complexity index is 1360. The van der Waals surface area contributed by atoms with E-state index < -0.39 is 23.1 Å². The van der Waals surface area contributed by atoms with Crippen LogP contribution in [0.25, 0.3) is 9.69 Å². The predicted molar refractivity (Wildman–Crippen MR) is 170 cm³/mol. The Morgan fingerprint density at radius 3 is 2.12 bits per heavy atom. The molecule has 2 aromatic rings. The van der Waals surface area contributed by atoms with E-state index in [1.807, 2.05) is 26.8 Å². The van der Waals surface area contributed by atoms with Gasteiger partial charge in [-0.3, -0.25) is 29.5 Å². The van der Waals surface area contributed by atoms with Crippen LogP contribution < -0.4 is 15.6 Å². The highest BCUT2D eigenvalue weighted by molar-refractivity contribution is 7.80. The molecule has 0 heterocycles. The molecule has 0 fully saturated rings. The van der Waals surface area contributed by atoms with Gasteiger partial charge in [0.2, 0.25) is 0 Å². The van der Waals surface area contributed by atoms with E-state index in [2.05, 4.69) is 74.2 Å². The Hall–Kier alpha value is -3.40. The van der Waals surface area contributed by atoms with Gasteiger partial charge >= 0.3 is 0 Å². The van der Waals surface area contributed by atoms with E-state index in [1.165, 1.54) is 17.7 Å². The maximum atomic E-state index is 13.4. The summed E-state index contributed by atoms with van der Waals surface area (Å²) in [5, 5.41) is 0. The average Bonchev–Trinajstić information content (AvgIpc) is 3.00. The number of ether oxygens (including phenoxy) is 1. The summed E-state index contributed by atoms with van der Waals surface area (Å²) in [6, 6.07) is 9.01. The van der Waals surface area contributed by atoms with E-state index in [0.717, 1.165) is 24.8 Å². The third kappa shape index (κ3) is 8.56. The summed E-state index contributed by atoms with van der Waals surface area (Å²) in [6.07, 6.45) is 2.34. The molecule has 0 aliphatic rings. The maximum Gasteiger partial charge on any atom is 0.279 e. The fourth-order valence-corrected chi connectivity index (χ4v) is 4.97. The van der Waals surface area contributed by atoms with Crippen molar-refractivity contribution in [2.24, 2.45) is 5.92 Å². The molecule has 2 rings (SSSR count). The van der Waals surface area contributed by atoms with Crippen molar-refractivity contribution in [3.8, 4) is 5.75 Å². The smallest absolute Gasteiger partial charge is 0.279 e. The first-order valence-electron chi connectivity index (χ1n) is 14.6. The number of carbonyl (C=O) groups excluding carboxylic acids is 1. The number of benzene rings is 2. The van der Waals surface area contributed by atoms with Crippen LogP contribution in [-0.4, -0.2) is 22.8 Å². The van der Waals surface area contributed by atoms with Gasteiger partial charge in [0.25, 0.3) is 5.91 Å². The van der Waals surface area contributed by atoms with Crippen LogP contribution in [0, 0.1) is 19.1 Å². The Labute approximate surface area is 254 Å². The summed E-state index contributed by atoms with van der Waals surface area (Å²) in [4.78, 5) is 20.3. The summed E-state index contributed by atoms with van der Waals surface area (Å²) in [5.41, 5.74) is 7.95. The lowest BCUT2D eigenvalue weighted by Crippen LogP contribution is -2.41. The predicted octanol–water partition coefficient (Wildman–Crippen LogP) is 8.55. The molecule has 0 saturated heterocycles. The Morgan fingerprint density at radius 2 is 1.57 bits per heavy atom. The lowest BCUT2D eigenvalue weighted by molar-refractivity contribution is -0.127. The molecule has 2 N–H and O–H groups in total. The van der Waals surface area contributed by atoms with Crippen LogP contribution in [0.1, 0.15) is 99.1 Å². The lowest BCUT2D eigenvalue weighted by atomic mass is 9.76.